The zero-order chi connectivity index (χ0) is 13.7. The maximum absolute atomic E-state index is 12.1. The number of nitrogens with zero attached hydrogens (tertiary/aromatic N) is 2. The fourth-order valence-electron chi connectivity index (χ4n) is 1.66. The zero-order valence-electron chi connectivity index (χ0n) is 11.1. The fraction of sp³-hybridized carbons (Fsp3) is 0.188. The Balaban J connectivity index is 2.06. The van der Waals surface area contributed by atoms with Crippen LogP contribution in [0.4, 0.5) is 5.69 Å². The van der Waals surface area contributed by atoms with Crippen LogP contribution in [0.5, 0.6) is 0 Å². The first-order chi connectivity index (χ1) is 9.16. The summed E-state index contributed by atoms with van der Waals surface area (Å²) in [4.78, 5) is 12.1. The molecular formula is C16H16N2O. The molecule has 0 heterocycles. The monoisotopic (exact) mass is 252 g/mol. The fourth-order valence-corrected chi connectivity index (χ4v) is 1.66. The second-order valence-corrected chi connectivity index (χ2v) is 4.46. The highest BCUT2D eigenvalue weighted by Gasteiger charge is 2.13. The molecule has 0 radical (unpaired) electrons. The lowest BCUT2D eigenvalue weighted by molar-refractivity contribution is 0.0966. The molecule has 0 amide bonds. The Labute approximate surface area is 113 Å². The van der Waals surface area contributed by atoms with E-state index in [1.165, 1.54) is 5.56 Å². The second-order valence-electron chi connectivity index (χ2n) is 4.46. The lowest BCUT2D eigenvalue weighted by atomic mass is 10.1. The zero-order valence-corrected chi connectivity index (χ0v) is 11.1. The van der Waals surface area contributed by atoms with E-state index in [1.54, 1.807) is 19.1 Å². The number of carbonyl (C=O) groups is 1. The molecule has 0 aliphatic carbocycles. The predicted octanol–water partition coefficient (Wildman–Crippen LogP) is 4.35. The van der Waals surface area contributed by atoms with Crippen LogP contribution in [-0.2, 0) is 0 Å². The molecule has 1 atom stereocenters. The molecule has 96 valence electrons. The molecule has 1 unspecified atom stereocenters. The van der Waals surface area contributed by atoms with Crippen molar-refractivity contribution >= 4 is 11.5 Å². The van der Waals surface area contributed by atoms with Gasteiger partial charge in [-0.15, -0.1) is 0 Å². The van der Waals surface area contributed by atoms with Crippen molar-refractivity contribution < 1.29 is 4.79 Å². The SMILES string of the molecule is Cc1ccc(/N=N/C(C)C(=O)c2ccccc2)cc1. The summed E-state index contributed by atoms with van der Waals surface area (Å²) >= 11 is 0. The summed E-state index contributed by atoms with van der Waals surface area (Å²) in [5.41, 5.74) is 2.60. The molecule has 0 bridgehead atoms. The molecular weight excluding hydrogens is 236 g/mol. The van der Waals surface area contributed by atoms with E-state index in [9.17, 15) is 4.79 Å². The third kappa shape index (κ3) is 3.58. The van der Waals surface area contributed by atoms with Crippen molar-refractivity contribution in [2.75, 3.05) is 0 Å². The van der Waals surface area contributed by atoms with Gasteiger partial charge in [-0.3, -0.25) is 4.79 Å². The number of aryl methyl sites for hydroxylation is 1. The second kappa shape index (κ2) is 6.05. The maximum atomic E-state index is 12.1. The van der Waals surface area contributed by atoms with E-state index in [-0.39, 0.29) is 5.78 Å². The number of Topliss-reactive ketones (excluding diaryl/α,β-unsaturated/α-hetero) is 1. The van der Waals surface area contributed by atoms with Crippen molar-refractivity contribution in [3.63, 3.8) is 0 Å². The molecule has 0 saturated heterocycles. The highest BCUT2D eigenvalue weighted by Crippen LogP contribution is 2.14. The smallest absolute Gasteiger partial charge is 0.188 e. The number of benzene rings is 2. The molecule has 0 N–H and O–H groups in total. The van der Waals surface area contributed by atoms with Crippen molar-refractivity contribution in [2.24, 2.45) is 10.2 Å². The maximum Gasteiger partial charge on any atom is 0.188 e. The van der Waals surface area contributed by atoms with E-state index in [0.29, 0.717) is 5.56 Å². The Morgan fingerprint density at radius 3 is 2.26 bits per heavy atom. The minimum absolute atomic E-state index is 0.0172. The first-order valence-corrected chi connectivity index (χ1v) is 6.23. The number of azo groups is 1. The molecule has 2 aromatic rings. The number of rotatable bonds is 4. The van der Waals surface area contributed by atoms with Gasteiger partial charge >= 0.3 is 0 Å². The highest BCUT2D eigenvalue weighted by atomic mass is 16.1. The topological polar surface area (TPSA) is 41.8 Å². The summed E-state index contributed by atoms with van der Waals surface area (Å²) in [5, 5.41) is 8.17. The minimum Gasteiger partial charge on any atom is -0.292 e. The normalized spacial score (nSPS) is 12.5. The van der Waals surface area contributed by atoms with Gasteiger partial charge in [0, 0.05) is 5.56 Å². The van der Waals surface area contributed by atoms with Gasteiger partial charge in [0.25, 0.3) is 0 Å². The Morgan fingerprint density at radius 2 is 1.63 bits per heavy atom. The van der Waals surface area contributed by atoms with Gasteiger partial charge in [-0.2, -0.15) is 10.2 Å². The molecule has 0 aromatic heterocycles. The molecule has 2 rings (SSSR count). The number of ketones is 1. The Hall–Kier alpha value is -2.29. The van der Waals surface area contributed by atoms with Crippen LogP contribution in [0.2, 0.25) is 0 Å². The van der Waals surface area contributed by atoms with E-state index in [0.717, 1.165) is 5.69 Å². The van der Waals surface area contributed by atoms with Crippen LogP contribution in [0, 0.1) is 6.92 Å². The molecule has 0 spiro atoms. The first kappa shape index (κ1) is 13.1. The van der Waals surface area contributed by atoms with Gasteiger partial charge in [0.2, 0.25) is 0 Å². The average molecular weight is 252 g/mol. The van der Waals surface area contributed by atoms with Crippen molar-refractivity contribution in [1.82, 2.24) is 0 Å². The summed E-state index contributed by atoms with van der Waals surface area (Å²) in [6.07, 6.45) is 0. The number of carbonyl (C=O) groups excluding carboxylic acids is 1. The van der Waals surface area contributed by atoms with Crippen LogP contribution in [0.25, 0.3) is 0 Å². The van der Waals surface area contributed by atoms with Gasteiger partial charge in [0.15, 0.2) is 5.78 Å². The summed E-state index contributed by atoms with van der Waals surface area (Å²) in [7, 11) is 0. The van der Waals surface area contributed by atoms with Gasteiger partial charge in [-0.05, 0) is 26.0 Å². The molecule has 0 aliphatic rings. The number of hydrogen-bond acceptors (Lipinski definition) is 3. The van der Waals surface area contributed by atoms with Crippen LogP contribution in [0.15, 0.2) is 64.8 Å². The Morgan fingerprint density at radius 1 is 1.00 bits per heavy atom. The van der Waals surface area contributed by atoms with E-state index in [2.05, 4.69) is 10.2 Å². The van der Waals surface area contributed by atoms with Crippen LogP contribution in [0.3, 0.4) is 0 Å². The molecule has 2 aromatic carbocycles. The van der Waals surface area contributed by atoms with Crippen molar-refractivity contribution in [2.45, 2.75) is 19.9 Å². The first-order valence-electron chi connectivity index (χ1n) is 6.23. The van der Waals surface area contributed by atoms with Crippen molar-refractivity contribution in [3.8, 4) is 0 Å². The summed E-state index contributed by atoms with van der Waals surface area (Å²) in [5.74, 6) is -0.0172. The van der Waals surface area contributed by atoms with Crippen molar-refractivity contribution in [3.05, 3.63) is 65.7 Å². The molecule has 0 fully saturated rings. The molecule has 19 heavy (non-hydrogen) atoms. The largest absolute Gasteiger partial charge is 0.292 e. The van der Waals surface area contributed by atoms with Crippen LogP contribution in [0.1, 0.15) is 22.8 Å². The van der Waals surface area contributed by atoms with Gasteiger partial charge in [-0.1, -0.05) is 48.0 Å². The highest BCUT2D eigenvalue weighted by molar-refractivity contribution is 5.99. The summed E-state index contributed by atoms with van der Waals surface area (Å²) in [6, 6.07) is 16.4. The lowest BCUT2D eigenvalue weighted by Gasteiger charge is -2.03. The molecule has 3 nitrogen and oxygen atoms in total. The third-order valence-electron chi connectivity index (χ3n) is 2.82. The summed E-state index contributed by atoms with van der Waals surface area (Å²) < 4.78 is 0. The van der Waals surface area contributed by atoms with E-state index >= 15 is 0 Å². The van der Waals surface area contributed by atoms with E-state index in [4.69, 9.17) is 0 Å². The Bertz CT molecular complexity index is 573. The predicted molar refractivity (Wildman–Crippen MR) is 75.9 cm³/mol. The minimum atomic E-state index is -0.469. The molecule has 0 saturated carbocycles. The standard InChI is InChI=1S/C16H16N2O/c1-12-8-10-15(11-9-12)18-17-13(2)16(19)14-6-4-3-5-7-14/h3-11,13H,1-2H3/b18-17+. The molecule has 0 aliphatic heterocycles. The van der Waals surface area contributed by atoms with Gasteiger partial charge in [-0.25, -0.2) is 0 Å². The third-order valence-corrected chi connectivity index (χ3v) is 2.82. The van der Waals surface area contributed by atoms with Crippen LogP contribution in [-0.4, -0.2) is 11.8 Å². The van der Waals surface area contributed by atoms with Crippen molar-refractivity contribution in [1.29, 1.82) is 0 Å². The van der Waals surface area contributed by atoms with E-state index in [1.807, 2.05) is 49.4 Å². The quantitative estimate of drug-likeness (QED) is 0.589. The number of hydrogen-bond donors (Lipinski definition) is 0. The summed E-state index contributed by atoms with van der Waals surface area (Å²) in [6.45, 7) is 3.77. The molecule has 3 heteroatoms. The van der Waals surface area contributed by atoms with Crippen LogP contribution >= 0.6 is 0 Å². The van der Waals surface area contributed by atoms with Gasteiger partial charge in [0.05, 0.1) is 5.69 Å². The van der Waals surface area contributed by atoms with Gasteiger partial charge in [0.1, 0.15) is 6.04 Å². The Kier molecular flexibility index (Phi) is 4.18. The average Bonchev–Trinajstić information content (AvgIpc) is 2.46. The van der Waals surface area contributed by atoms with Gasteiger partial charge < -0.3 is 0 Å². The lowest BCUT2D eigenvalue weighted by Crippen LogP contribution is -2.13. The van der Waals surface area contributed by atoms with E-state index < -0.39 is 6.04 Å². The van der Waals surface area contributed by atoms with Crippen LogP contribution < -0.4 is 0 Å².